The second kappa shape index (κ2) is 6.87. The fourth-order valence-electron chi connectivity index (χ4n) is 1.93. The molecule has 1 aromatic carbocycles. The van der Waals surface area contributed by atoms with Crippen molar-refractivity contribution in [2.24, 2.45) is 0 Å². The molecule has 0 aromatic heterocycles. The van der Waals surface area contributed by atoms with Crippen LogP contribution < -0.4 is 11.1 Å². The lowest BCUT2D eigenvalue weighted by Crippen LogP contribution is -2.34. The summed E-state index contributed by atoms with van der Waals surface area (Å²) in [4.78, 5) is 2.35. The van der Waals surface area contributed by atoms with Crippen LogP contribution in [0.1, 0.15) is 26.3 Å². The SMILES string of the molecule is CCN(CC)CC(C)Nc1cc(C#N)ccc1N. The van der Waals surface area contributed by atoms with Gasteiger partial charge in [0.2, 0.25) is 0 Å². The molecule has 4 heteroatoms. The predicted molar refractivity (Wildman–Crippen MR) is 76.4 cm³/mol. The fourth-order valence-corrected chi connectivity index (χ4v) is 1.93. The fraction of sp³-hybridized carbons (Fsp3) is 0.500. The lowest BCUT2D eigenvalue weighted by molar-refractivity contribution is 0.295. The maximum Gasteiger partial charge on any atom is 0.0992 e. The van der Waals surface area contributed by atoms with E-state index in [4.69, 9.17) is 11.0 Å². The number of nitrogens with two attached hydrogens (primary N) is 1. The lowest BCUT2D eigenvalue weighted by atomic mass is 10.1. The molecule has 1 rings (SSSR count). The number of benzene rings is 1. The van der Waals surface area contributed by atoms with Gasteiger partial charge in [-0.2, -0.15) is 5.26 Å². The number of likely N-dealkylation sites (N-methyl/N-ethyl adjacent to an activating group) is 1. The maximum atomic E-state index is 8.88. The molecule has 0 saturated carbocycles. The normalized spacial score (nSPS) is 12.2. The molecule has 0 fully saturated rings. The van der Waals surface area contributed by atoms with Crippen LogP contribution in [0, 0.1) is 11.3 Å². The standard InChI is InChI=1S/C14H22N4/c1-4-18(5-2)10-11(3)17-14-8-12(9-15)6-7-13(14)16/h6-8,11,17H,4-5,10,16H2,1-3H3. The van der Waals surface area contributed by atoms with Crippen molar-refractivity contribution in [2.45, 2.75) is 26.8 Å². The molecule has 1 atom stereocenters. The highest BCUT2D eigenvalue weighted by Crippen LogP contribution is 2.20. The average molecular weight is 246 g/mol. The minimum absolute atomic E-state index is 0.293. The van der Waals surface area contributed by atoms with Crippen LogP contribution in [0.2, 0.25) is 0 Å². The van der Waals surface area contributed by atoms with Crippen LogP contribution in [0.5, 0.6) is 0 Å². The van der Waals surface area contributed by atoms with Crippen LogP contribution in [0.3, 0.4) is 0 Å². The van der Waals surface area contributed by atoms with Crippen molar-refractivity contribution in [3.8, 4) is 6.07 Å². The first-order chi connectivity index (χ1) is 8.60. The molecule has 0 spiro atoms. The molecule has 0 heterocycles. The molecule has 0 aliphatic rings. The third-order valence-electron chi connectivity index (χ3n) is 3.01. The Morgan fingerprint density at radius 1 is 1.39 bits per heavy atom. The Hall–Kier alpha value is -1.73. The Bertz CT molecular complexity index is 418. The summed E-state index contributed by atoms with van der Waals surface area (Å²) in [6, 6.07) is 7.72. The number of nitrogen functional groups attached to an aromatic ring is 1. The molecule has 1 unspecified atom stereocenters. The molecule has 4 nitrogen and oxygen atoms in total. The molecule has 18 heavy (non-hydrogen) atoms. The van der Waals surface area contributed by atoms with Gasteiger partial charge in [0.1, 0.15) is 0 Å². The summed E-state index contributed by atoms with van der Waals surface area (Å²) < 4.78 is 0. The highest BCUT2D eigenvalue weighted by molar-refractivity contribution is 5.68. The second-order valence-electron chi connectivity index (χ2n) is 4.45. The van der Waals surface area contributed by atoms with Crippen molar-refractivity contribution < 1.29 is 0 Å². The van der Waals surface area contributed by atoms with Gasteiger partial charge in [-0.05, 0) is 38.2 Å². The smallest absolute Gasteiger partial charge is 0.0992 e. The van der Waals surface area contributed by atoms with Gasteiger partial charge in [0, 0.05) is 12.6 Å². The number of nitrogens with one attached hydrogen (secondary N) is 1. The molecule has 98 valence electrons. The van der Waals surface area contributed by atoms with Gasteiger partial charge in [-0.25, -0.2) is 0 Å². The van der Waals surface area contributed by atoms with E-state index in [1.54, 1.807) is 18.2 Å². The summed E-state index contributed by atoms with van der Waals surface area (Å²) >= 11 is 0. The van der Waals surface area contributed by atoms with E-state index in [9.17, 15) is 0 Å². The van der Waals surface area contributed by atoms with Crippen molar-refractivity contribution >= 4 is 11.4 Å². The minimum atomic E-state index is 0.293. The first-order valence-electron chi connectivity index (χ1n) is 6.39. The summed E-state index contributed by atoms with van der Waals surface area (Å²) in [5.74, 6) is 0. The van der Waals surface area contributed by atoms with Crippen LogP contribution >= 0.6 is 0 Å². The van der Waals surface area contributed by atoms with Gasteiger partial charge in [-0.1, -0.05) is 13.8 Å². The van der Waals surface area contributed by atoms with Crippen molar-refractivity contribution in [3.05, 3.63) is 23.8 Å². The van der Waals surface area contributed by atoms with Gasteiger partial charge in [0.05, 0.1) is 23.0 Å². The first kappa shape index (κ1) is 14.3. The molecule has 3 N–H and O–H groups in total. The number of nitrogens with zero attached hydrogens (tertiary/aromatic N) is 2. The highest BCUT2D eigenvalue weighted by atomic mass is 15.1. The van der Waals surface area contributed by atoms with Gasteiger partial charge < -0.3 is 16.0 Å². The third-order valence-corrected chi connectivity index (χ3v) is 3.01. The molecule has 0 amide bonds. The lowest BCUT2D eigenvalue weighted by Gasteiger charge is -2.24. The first-order valence-corrected chi connectivity index (χ1v) is 6.39. The third kappa shape index (κ3) is 3.94. The Kier molecular flexibility index (Phi) is 5.47. The molecule has 0 saturated heterocycles. The van der Waals surface area contributed by atoms with E-state index in [0.29, 0.717) is 17.3 Å². The topological polar surface area (TPSA) is 65.1 Å². The molecular weight excluding hydrogens is 224 g/mol. The number of rotatable bonds is 6. The highest BCUT2D eigenvalue weighted by Gasteiger charge is 2.09. The zero-order valence-electron chi connectivity index (χ0n) is 11.4. The summed E-state index contributed by atoms with van der Waals surface area (Å²) in [7, 11) is 0. The van der Waals surface area contributed by atoms with Gasteiger partial charge in [0.15, 0.2) is 0 Å². The van der Waals surface area contributed by atoms with E-state index in [1.165, 1.54) is 0 Å². The largest absolute Gasteiger partial charge is 0.397 e. The Labute approximate surface area is 109 Å². The second-order valence-corrected chi connectivity index (χ2v) is 4.45. The van der Waals surface area contributed by atoms with Crippen molar-refractivity contribution in [1.82, 2.24) is 4.90 Å². The number of hydrogen-bond donors (Lipinski definition) is 2. The zero-order valence-corrected chi connectivity index (χ0v) is 11.4. The van der Waals surface area contributed by atoms with Crippen molar-refractivity contribution in [1.29, 1.82) is 5.26 Å². The summed E-state index contributed by atoms with van der Waals surface area (Å²) in [5.41, 5.74) is 8.05. The maximum absolute atomic E-state index is 8.88. The van der Waals surface area contributed by atoms with E-state index in [0.717, 1.165) is 25.3 Å². The van der Waals surface area contributed by atoms with Crippen LogP contribution in [0.15, 0.2) is 18.2 Å². The van der Waals surface area contributed by atoms with Gasteiger partial charge >= 0.3 is 0 Å². The van der Waals surface area contributed by atoms with E-state index in [2.05, 4.69) is 37.1 Å². The number of nitriles is 1. The average Bonchev–Trinajstić information content (AvgIpc) is 2.38. The molecular formula is C14H22N4. The number of anilines is 2. The van der Waals surface area contributed by atoms with E-state index in [1.807, 2.05) is 0 Å². The molecule has 0 bridgehead atoms. The predicted octanol–water partition coefficient (Wildman–Crippen LogP) is 2.28. The summed E-state index contributed by atoms with van der Waals surface area (Å²) in [5, 5.41) is 12.2. The van der Waals surface area contributed by atoms with E-state index >= 15 is 0 Å². The molecule has 0 aliphatic carbocycles. The van der Waals surface area contributed by atoms with E-state index in [-0.39, 0.29) is 0 Å². The Morgan fingerprint density at radius 2 is 2.06 bits per heavy atom. The van der Waals surface area contributed by atoms with Gasteiger partial charge in [-0.3, -0.25) is 0 Å². The summed E-state index contributed by atoms with van der Waals surface area (Å²) in [6.45, 7) is 9.47. The monoisotopic (exact) mass is 246 g/mol. The summed E-state index contributed by atoms with van der Waals surface area (Å²) in [6.07, 6.45) is 0. The number of hydrogen-bond acceptors (Lipinski definition) is 4. The van der Waals surface area contributed by atoms with Gasteiger partial charge in [-0.15, -0.1) is 0 Å². The van der Waals surface area contributed by atoms with E-state index < -0.39 is 0 Å². The molecule has 0 radical (unpaired) electrons. The quantitative estimate of drug-likeness (QED) is 0.756. The van der Waals surface area contributed by atoms with Crippen LogP contribution in [0.4, 0.5) is 11.4 Å². The van der Waals surface area contributed by atoms with Gasteiger partial charge in [0.25, 0.3) is 0 Å². The molecule has 1 aromatic rings. The Morgan fingerprint density at radius 3 is 2.61 bits per heavy atom. The van der Waals surface area contributed by atoms with Crippen LogP contribution in [0.25, 0.3) is 0 Å². The van der Waals surface area contributed by atoms with Crippen molar-refractivity contribution in [2.75, 3.05) is 30.7 Å². The minimum Gasteiger partial charge on any atom is -0.397 e. The Balaban J connectivity index is 2.69. The zero-order chi connectivity index (χ0) is 13.5. The van der Waals surface area contributed by atoms with Crippen LogP contribution in [-0.4, -0.2) is 30.6 Å². The molecule has 0 aliphatic heterocycles. The van der Waals surface area contributed by atoms with Crippen molar-refractivity contribution in [3.63, 3.8) is 0 Å². The van der Waals surface area contributed by atoms with Crippen LogP contribution in [-0.2, 0) is 0 Å².